The first-order valence-electron chi connectivity index (χ1n) is 6.52. The Morgan fingerprint density at radius 1 is 1.19 bits per heavy atom. The van der Waals surface area contributed by atoms with Crippen molar-refractivity contribution in [2.24, 2.45) is 4.99 Å². The van der Waals surface area contributed by atoms with Crippen LogP contribution < -0.4 is 20.1 Å². The summed E-state index contributed by atoms with van der Waals surface area (Å²) in [6, 6.07) is 5.60. The minimum Gasteiger partial charge on any atom is -0.493 e. The Balaban J connectivity index is 0.00000400. The SMILES string of the molecule is CCOCCNC(=NC)Nc1ccc(OC)c(OC)c1.I. The average Bonchev–Trinajstić information content (AvgIpc) is 2.50. The molecular formula is C14H24IN3O3. The van der Waals surface area contributed by atoms with E-state index in [4.69, 9.17) is 14.2 Å². The van der Waals surface area contributed by atoms with Gasteiger partial charge >= 0.3 is 0 Å². The summed E-state index contributed by atoms with van der Waals surface area (Å²) in [5, 5.41) is 6.34. The largest absolute Gasteiger partial charge is 0.493 e. The minimum atomic E-state index is 0. The van der Waals surface area contributed by atoms with E-state index in [1.54, 1.807) is 21.3 Å². The minimum absolute atomic E-state index is 0. The van der Waals surface area contributed by atoms with Crippen LogP contribution in [-0.4, -0.2) is 47.0 Å². The maximum Gasteiger partial charge on any atom is 0.195 e. The molecule has 1 rings (SSSR count). The maximum atomic E-state index is 5.26. The molecule has 0 radical (unpaired) electrons. The molecule has 7 heteroatoms. The number of hydrogen-bond acceptors (Lipinski definition) is 4. The van der Waals surface area contributed by atoms with Crippen molar-refractivity contribution in [2.45, 2.75) is 6.92 Å². The van der Waals surface area contributed by atoms with Gasteiger partial charge in [0, 0.05) is 32.0 Å². The molecule has 0 heterocycles. The summed E-state index contributed by atoms with van der Waals surface area (Å²) in [5.41, 5.74) is 0.868. The van der Waals surface area contributed by atoms with E-state index in [1.807, 2.05) is 25.1 Å². The van der Waals surface area contributed by atoms with Crippen molar-refractivity contribution < 1.29 is 14.2 Å². The van der Waals surface area contributed by atoms with Crippen LogP contribution in [0.4, 0.5) is 5.69 Å². The molecule has 0 aliphatic heterocycles. The first-order chi connectivity index (χ1) is 9.74. The van der Waals surface area contributed by atoms with Gasteiger partial charge in [-0.25, -0.2) is 0 Å². The van der Waals surface area contributed by atoms with Crippen molar-refractivity contribution in [3.63, 3.8) is 0 Å². The monoisotopic (exact) mass is 409 g/mol. The molecule has 6 nitrogen and oxygen atoms in total. The number of nitrogens with zero attached hydrogens (tertiary/aromatic N) is 1. The van der Waals surface area contributed by atoms with Gasteiger partial charge in [-0.05, 0) is 19.1 Å². The van der Waals surface area contributed by atoms with Gasteiger partial charge in [0.1, 0.15) is 0 Å². The van der Waals surface area contributed by atoms with E-state index in [1.165, 1.54) is 0 Å². The number of rotatable bonds is 7. The molecule has 0 bridgehead atoms. The molecule has 21 heavy (non-hydrogen) atoms. The zero-order valence-corrected chi connectivity index (χ0v) is 15.3. The fourth-order valence-electron chi connectivity index (χ4n) is 1.62. The summed E-state index contributed by atoms with van der Waals surface area (Å²) in [5.74, 6) is 2.04. The average molecular weight is 409 g/mol. The third kappa shape index (κ3) is 6.85. The third-order valence-electron chi connectivity index (χ3n) is 2.61. The summed E-state index contributed by atoms with van der Waals surface area (Å²) in [7, 11) is 4.94. The Hall–Kier alpha value is -1.22. The van der Waals surface area contributed by atoms with E-state index in [0.717, 1.165) is 5.69 Å². The highest BCUT2D eigenvalue weighted by atomic mass is 127. The van der Waals surface area contributed by atoms with E-state index in [-0.39, 0.29) is 24.0 Å². The standard InChI is InChI=1S/C14H23N3O3.HI/c1-5-20-9-8-16-14(15-2)17-11-6-7-12(18-3)13(10-11)19-4;/h6-7,10H,5,8-9H2,1-4H3,(H2,15,16,17);1H. The van der Waals surface area contributed by atoms with E-state index < -0.39 is 0 Å². The lowest BCUT2D eigenvalue weighted by molar-refractivity contribution is 0.152. The Labute approximate surface area is 143 Å². The highest BCUT2D eigenvalue weighted by Crippen LogP contribution is 2.29. The molecule has 0 aliphatic rings. The zero-order valence-electron chi connectivity index (χ0n) is 12.9. The molecule has 1 aromatic carbocycles. The second-order valence-electron chi connectivity index (χ2n) is 3.89. The van der Waals surface area contributed by atoms with Crippen molar-refractivity contribution in [1.82, 2.24) is 5.32 Å². The number of methoxy groups -OCH3 is 2. The number of nitrogens with one attached hydrogen (secondary N) is 2. The van der Waals surface area contributed by atoms with Gasteiger partial charge in [-0.15, -0.1) is 24.0 Å². The summed E-state index contributed by atoms with van der Waals surface area (Å²) in [6.07, 6.45) is 0. The van der Waals surface area contributed by atoms with Gasteiger partial charge in [-0.1, -0.05) is 0 Å². The number of guanidine groups is 1. The van der Waals surface area contributed by atoms with Crippen LogP contribution in [0.25, 0.3) is 0 Å². The van der Waals surface area contributed by atoms with E-state index >= 15 is 0 Å². The van der Waals surface area contributed by atoms with E-state index in [2.05, 4.69) is 15.6 Å². The number of benzene rings is 1. The van der Waals surface area contributed by atoms with Crippen LogP contribution in [0, 0.1) is 0 Å². The van der Waals surface area contributed by atoms with Gasteiger partial charge in [0.25, 0.3) is 0 Å². The Kier molecular flexibility index (Phi) is 10.8. The van der Waals surface area contributed by atoms with Gasteiger partial charge in [0.05, 0.1) is 20.8 Å². The van der Waals surface area contributed by atoms with Crippen molar-refractivity contribution in [1.29, 1.82) is 0 Å². The fourth-order valence-corrected chi connectivity index (χ4v) is 1.62. The number of aliphatic imine (C=N–C) groups is 1. The van der Waals surface area contributed by atoms with Gasteiger partial charge < -0.3 is 24.8 Å². The molecule has 0 fully saturated rings. The molecule has 0 saturated carbocycles. The molecule has 0 unspecified atom stereocenters. The molecule has 0 aromatic heterocycles. The molecule has 0 aliphatic carbocycles. The van der Waals surface area contributed by atoms with Crippen LogP contribution in [0.3, 0.4) is 0 Å². The zero-order chi connectivity index (χ0) is 14.8. The number of hydrogen-bond donors (Lipinski definition) is 2. The second kappa shape index (κ2) is 11.4. The molecule has 0 atom stereocenters. The lowest BCUT2D eigenvalue weighted by Gasteiger charge is -2.14. The van der Waals surface area contributed by atoms with Crippen molar-refractivity contribution in [2.75, 3.05) is 46.3 Å². The smallest absolute Gasteiger partial charge is 0.195 e. The van der Waals surface area contributed by atoms with Gasteiger partial charge in [-0.3, -0.25) is 4.99 Å². The summed E-state index contributed by atoms with van der Waals surface area (Å²) in [4.78, 5) is 4.15. The fraction of sp³-hybridized carbons (Fsp3) is 0.500. The predicted octanol–water partition coefficient (Wildman–Crippen LogP) is 2.35. The second-order valence-corrected chi connectivity index (χ2v) is 3.89. The van der Waals surface area contributed by atoms with Crippen LogP contribution in [0.15, 0.2) is 23.2 Å². The number of anilines is 1. The molecule has 0 spiro atoms. The number of ether oxygens (including phenoxy) is 3. The highest BCUT2D eigenvalue weighted by Gasteiger charge is 2.05. The van der Waals surface area contributed by atoms with Gasteiger partial charge in [0.15, 0.2) is 17.5 Å². The van der Waals surface area contributed by atoms with Gasteiger partial charge in [0.2, 0.25) is 0 Å². The maximum absolute atomic E-state index is 5.26. The van der Waals surface area contributed by atoms with Crippen molar-refractivity contribution >= 4 is 35.6 Å². The van der Waals surface area contributed by atoms with Gasteiger partial charge in [-0.2, -0.15) is 0 Å². The number of halogens is 1. The molecule has 0 amide bonds. The Bertz CT molecular complexity index is 441. The molecular weight excluding hydrogens is 385 g/mol. The quantitative estimate of drug-likeness (QED) is 0.313. The summed E-state index contributed by atoms with van der Waals surface area (Å²) < 4.78 is 15.7. The van der Waals surface area contributed by atoms with Crippen LogP contribution in [-0.2, 0) is 4.74 Å². The summed E-state index contributed by atoms with van der Waals surface area (Å²) >= 11 is 0. The van der Waals surface area contributed by atoms with Crippen LogP contribution in [0.5, 0.6) is 11.5 Å². The molecule has 120 valence electrons. The predicted molar refractivity (Wildman–Crippen MR) is 96.4 cm³/mol. The van der Waals surface area contributed by atoms with Crippen molar-refractivity contribution in [3.8, 4) is 11.5 Å². The van der Waals surface area contributed by atoms with Crippen LogP contribution in [0.2, 0.25) is 0 Å². The van der Waals surface area contributed by atoms with Crippen LogP contribution in [0.1, 0.15) is 6.92 Å². The molecule has 1 aromatic rings. The van der Waals surface area contributed by atoms with Crippen molar-refractivity contribution in [3.05, 3.63) is 18.2 Å². The first-order valence-corrected chi connectivity index (χ1v) is 6.52. The highest BCUT2D eigenvalue weighted by molar-refractivity contribution is 14.0. The molecule has 2 N–H and O–H groups in total. The normalized spacial score (nSPS) is 10.6. The Morgan fingerprint density at radius 3 is 2.48 bits per heavy atom. The van der Waals surface area contributed by atoms with E-state index in [9.17, 15) is 0 Å². The first kappa shape index (κ1) is 19.8. The van der Waals surface area contributed by atoms with Crippen LogP contribution >= 0.6 is 24.0 Å². The summed E-state index contributed by atoms with van der Waals surface area (Å²) in [6.45, 7) is 4.02. The lowest BCUT2D eigenvalue weighted by atomic mass is 10.3. The van der Waals surface area contributed by atoms with E-state index in [0.29, 0.717) is 37.2 Å². The third-order valence-corrected chi connectivity index (χ3v) is 2.61. The lowest BCUT2D eigenvalue weighted by Crippen LogP contribution is -2.33. The molecule has 0 saturated heterocycles. The Morgan fingerprint density at radius 2 is 1.90 bits per heavy atom. The topological polar surface area (TPSA) is 64.1 Å².